The minimum atomic E-state index is 0.615. The highest BCUT2D eigenvalue weighted by Crippen LogP contribution is 2.22. The molecule has 10 heavy (non-hydrogen) atoms. The van der Waals surface area contributed by atoms with Crippen LogP contribution in [0.3, 0.4) is 0 Å². The van der Waals surface area contributed by atoms with Gasteiger partial charge < -0.3 is 4.74 Å². The first-order valence-corrected chi connectivity index (χ1v) is 3.50. The van der Waals surface area contributed by atoms with Crippen molar-refractivity contribution in [2.75, 3.05) is 6.61 Å². The Morgan fingerprint density at radius 1 is 1.70 bits per heavy atom. The molecule has 0 saturated carbocycles. The zero-order valence-corrected chi connectivity index (χ0v) is 6.48. The molecule has 0 heterocycles. The molecule has 0 aliphatic carbocycles. The third-order valence-electron chi connectivity index (χ3n) is 1.08. The summed E-state index contributed by atoms with van der Waals surface area (Å²) >= 11 is 5.75. The topological polar surface area (TPSA) is 9.23 Å². The van der Waals surface area contributed by atoms with Crippen molar-refractivity contribution in [1.82, 2.24) is 0 Å². The highest BCUT2D eigenvalue weighted by atomic mass is 35.5. The van der Waals surface area contributed by atoms with Gasteiger partial charge >= 0.3 is 0 Å². The van der Waals surface area contributed by atoms with Gasteiger partial charge in [0.25, 0.3) is 0 Å². The molecule has 0 aliphatic heterocycles. The Labute approximate surface area is 65.6 Å². The lowest BCUT2D eigenvalue weighted by atomic mass is 10.3. The lowest BCUT2D eigenvalue weighted by Gasteiger charge is -2.02. The molecule has 0 spiro atoms. The smallest absolute Gasteiger partial charge is 0.137 e. The quantitative estimate of drug-likeness (QED) is 0.638. The fraction of sp³-hybridized carbons (Fsp3) is 0.250. The minimum Gasteiger partial charge on any atom is -0.492 e. The monoisotopic (exact) mass is 155 g/mol. The molecular weight excluding hydrogens is 148 g/mol. The SMILES string of the molecule is CCOc1cc[c]cc1Cl. The zero-order valence-electron chi connectivity index (χ0n) is 5.73. The van der Waals surface area contributed by atoms with E-state index in [9.17, 15) is 0 Å². The summed E-state index contributed by atoms with van der Waals surface area (Å²) in [5.74, 6) is 0.725. The van der Waals surface area contributed by atoms with Gasteiger partial charge in [0.1, 0.15) is 5.75 Å². The molecule has 0 fully saturated rings. The molecule has 1 aromatic carbocycles. The first-order chi connectivity index (χ1) is 4.84. The molecule has 1 rings (SSSR count). The highest BCUT2D eigenvalue weighted by molar-refractivity contribution is 6.32. The van der Waals surface area contributed by atoms with Crippen molar-refractivity contribution in [2.45, 2.75) is 6.92 Å². The molecule has 2 heteroatoms. The molecule has 1 aromatic rings. The van der Waals surface area contributed by atoms with E-state index >= 15 is 0 Å². The van der Waals surface area contributed by atoms with Crippen LogP contribution >= 0.6 is 11.6 Å². The van der Waals surface area contributed by atoms with Crippen LogP contribution in [-0.4, -0.2) is 6.61 Å². The second kappa shape index (κ2) is 3.47. The maximum Gasteiger partial charge on any atom is 0.137 e. The molecule has 0 aromatic heterocycles. The molecule has 0 amide bonds. The van der Waals surface area contributed by atoms with Crippen LogP contribution in [0.15, 0.2) is 18.2 Å². The fourth-order valence-corrected chi connectivity index (χ4v) is 0.849. The Morgan fingerprint density at radius 3 is 3.10 bits per heavy atom. The van der Waals surface area contributed by atoms with Gasteiger partial charge in [-0.05, 0) is 25.1 Å². The molecule has 0 saturated heterocycles. The van der Waals surface area contributed by atoms with Crippen molar-refractivity contribution in [1.29, 1.82) is 0 Å². The first-order valence-electron chi connectivity index (χ1n) is 3.13. The first kappa shape index (κ1) is 7.42. The third kappa shape index (κ3) is 1.64. The summed E-state index contributed by atoms with van der Waals surface area (Å²) in [6.45, 7) is 2.57. The van der Waals surface area contributed by atoms with Crippen molar-refractivity contribution in [3.63, 3.8) is 0 Å². The van der Waals surface area contributed by atoms with E-state index in [-0.39, 0.29) is 0 Å². The van der Waals surface area contributed by atoms with Crippen LogP contribution in [0.25, 0.3) is 0 Å². The predicted octanol–water partition coefficient (Wildman–Crippen LogP) is 2.54. The predicted molar refractivity (Wildman–Crippen MR) is 41.5 cm³/mol. The summed E-state index contributed by atoms with van der Waals surface area (Å²) in [6, 6.07) is 8.11. The van der Waals surface area contributed by atoms with Gasteiger partial charge in [-0.2, -0.15) is 0 Å². The fourth-order valence-electron chi connectivity index (χ4n) is 0.668. The van der Waals surface area contributed by atoms with Crippen LogP contribution < -0.4 is 4.74 Å². The van der Waals surface area contributed by atoms with Gasteiger partial charge in [0, 0.05) is 0 Å². The molecule has 0 aliphatic rings. The summed E-state index contributed by atoms with van der Waals surface area (Å²) in [5.41, 5.74) is 0. The number of rotatable bonds is 2. The Balaban J connectivity index is 2.81. The number of ether oxygens (including phenoxy) is 1. The standard InChI is InChI=1S/C8H8ClO/c1-2-10-8-6-4-3-5-7(8)9/h4-6H,2H2,1H3. The average Bonchev–Trinajstić information content (AvgIpc) is 1.94. The Hall–Kier alpha value is -0.690. The van der Waals surface area contributed by atoms with Crippen LogP contribution in [0, 0.1) is 6.07 Å². The molecule has 0 unspecified atom stereocenters. The number of hydrogen-bond donors (Lipinski definition) is 0. The lowest BCUT2D eigenvalue weighted by Crippen LogP contribution is -1.90. The second-order valence-corrected chi connectivity index (χ2v) is 2.20. The Morgan fingerprint density at radius 2 is 2.50 bits per heavy atom. The van der Waals surface area contributed by atoms with Gasteiger partial charge in [-0.3, -0.25) is 0 Å². The van der Waals surface area contributed by atoms with E-state index in [2.05, 4.69) is 6.07 Å². The molecule has 0 atom stereocenters. The van der Waals surface area contributed by atoms with Gasteiger partial charge in [-0.15, -0.1) is 0 Å². The van der Waals surface area contributed by atoms with Crippen LogP contribution in [0.5, 0.6) is 5.75 Å². The summed E-state index contributed by atoms with van der Waals surface area (Å²) in [7, 11) is 0. The van der Waals surface area contributed by atoms with Crippen LogP contribution in [0.2, 0.25) is 5.02 Å². The van der Waals surface area contributed by atoms with Gasteiger partial charge in [-0.25, -0.2) is 0 Å². The van der Waals surface area contributed by atoms with Gasteiger partial charge in [0.05, 0.1) is 11.6 Å². The number of benzene rings is 1. The van der Waals surface area contributed by atoms with E-state index in [1.807, 2.05) is 6.92 Å². The normalized spacial score (nSPS) is 9.40. The zero-order chi connectivity index (χ0) is 7.40. The summed E-state index contributed by atoms with van der Waals surface area (Å²) < 4.78 is 5.18. The van der Waals surface area contributed by atoms with Gasteiger partial charge in [0.15, 0.2) is 0 Å². The van der Waals surface area contributed by atoms with E-state index < -0.39 is 0 Å². The van der Waals surface area contributed by atoms with Crippen molar-refractivity contribution >= 4 is 11.6 Å². The Bertz CT molecular complexity index is 210. The summed E-state index contributed by atoms with van der Waals surface area (Å²) in [5, 5.41) is 0.615. The van der Waals surface area contributed by atoms with Gasteiger partial charge in [0.2, 0.25) is 0 Å². The molecular formula is C8H8ClO. The summed E-state index contributed by atoms with van der Waals surface area (Å²) in [4.78, 5) is 0. The van der Waals surface area contributed by atoms with Crippen molar-refractivity contribution in [3.8, 4) is 5.75 Å². The van der Waals surface area contributed by atoms with E-state index in [1.54, 1.807) is 18.2 Å². The lowest BCUT2D eigenvalue weighted by molar-refractivity contribution is 0.340. The van der Waals surface area contributed by atoms with E-state index in [0.29, 0.717) is 11.6 Å². The molecule has 1 nitrogen and oxygen atoms in total. The second-order valence-electron chi connectivity index (χ2n) is 1.79. The Kier molecular flexibility index (Phi) is 2.57. The molecule has 0 bridgehead atoms. The number of hydrogen-bond acceptors (Lipinski definition) is 1. The number of halogens is 1. The largest absolute Gasteiger partial charge is 0.492 e. The van der Waals surface area contributed by atoms with Crippen molar-refractivity contribution < 1.29 is 4.74 Å². The molecule has 1 radical (unpaired) electrons. The van der Waals surface area contributed by atoms with E-state index in [1.165, 1.54) is 0 Å². The van der Waals surface area contributed by atoms with Crippen molar-refractivity contribution in [2.24, 2.45) is 0 Å². The van der Waals surface area contributed by atoms with E-state index in [0.717, 1.165) is 5.75 Å². The average molecular weight is 156 g/mol. The highest BCUT2D eigenvalue weighted by Gasteiger charge is 1.95. The maximum atomic E-state index is 5.75. The van der Waals surface area contributed by atoms with Crippen LogP contribution in [-0.2, 0) is 0 Å². The van der Waals surface area contributed by atoms with Gasteiger partial charge in [-0.1, -0.05) is 17.7 Å². The minimum absolute atomic E-state index is 0.615. The summed E-state index contributed by atoms with van der Waals surface area (Å²) in [6.07, 6.45) is 0. The van der Waals surface area contributed by atoms with Crippen molar-refractivity contribution in [3.05, 3.63) is 29.3 Å². The van der Waals surface area contributed by atoms with Crippen LogP contribution in [0.4, 0.5) is 0 Å². The van der Waals surface area contributed by atoms with Crippen LogP contribution in [0.1, 0.15) is 6.92 Å². The van der Waals surface area contributed by atoms with E-state index in [4.69, 9.17) is 16.3 Å². The molecule has 53 valence electrons. The third-order valence-corrected chi connectivity index (χ3v) is 1.37. The maximum absolute atomic E-state index is 5.75. The molecule has 0 N–H and O–H groups in total.